The molecule has 0 atom stereocenters. The molecule has 3 rings (SSSR count). The number of furan rings is 1. The summed E-state index contributed by atoms with van der Waals surface area (Å²) >= 11 is 5.64. The predicted molar refractivity (Wildman–Crippen MR) is 72.1 cm³/mol. The van der Waals surface area contributed by atoms with Crippen LogP contribution in [0.5, 0.6) is 0 Å². The largest absolute Gasteiger partial charge is 0.441 e. The molecule has 0 aliphatic carbocycles. The Hall–Kier alpha value is -2.60. The van der Waals surface area contributed by atoms with Crippen LogP contribution in [-0.4, -0.2) is 15.7 Å². The summed E-state index contributed by atoms with van der Waals surface area (Å²) in [6.45, 7) is 0. The number of carbonyl (C=O) groups is 1. The molecule has 0 fully saturated rings. The third-order valence-corrected chi connectivity index (χ3v) is 3.12. The zero-order chi connectivity index (χ0) is 14.3. The molecule has 6 nitrogen and oxygen atoms in total. The van der Waals surface area contributed by atoms with Gasteiger partial charge in [-0.15, -0.1) is 0 Å². The fraction of sp³-hybridized carbons (Fsp3) is 0. The van der Waals surface area contributed by atoms with Crippen LogP contribution < -0.4 is 0 Å². The van der Waals surface area contributed by atoms with E-state index >= 15 is 0 Å². The van der Waals surface area contributed by atoms with E-state index in [0.717, 1.165) is 0 Å². The van der Waals surface area contributed by atoms with Gasteiger partial charge in [-0.3, -0.25) is 14.9 Å². The predicted octanol–water partition coefficient (Wildman–Crippen LogP) is 3.55. The van der Waals surface area contributed by atoms with Gasteiger partial charge in [0.2, 0.25) is 5.78 Å². The van der Waals surface area contributed by atoms with E-state index in [9.17, 15) is 14.9 Å². The van der Waals surface area contributed by atoms with Crippen LogP contribution in [0.15, 0.2) is 40.9 Å². The van der Waals surface area contributed by atoms with Crippen LogP contribution in [0.4, 0.5) is 5.69 Å². The van der Waals surface area contributed by atoms with Crippen LogP contribution >= 0.6 is 11.6 Å². The van der Waals surface area contributed by atoms with Gasteiger partial charge < -0.3 is 9.40 Å². The molecular weight excluding hydrogens is 284 g/mol. The number of carbonyl (C=O) groups excluding carboxylic acids is 1. The average Bonchev–Trinajstić information content (AvgIpc) is 3.03. The van der Waals surface area contributed by atoms with Gasteiger partial charge in [0.15, 0.2) is 11.0 Å². The summed E-state index contributed by atoms with van der Waals surface area (Å²) in [5, 5.41) is 11.4. The van der Waals surface area contributed by atoms with Crippen molar-refractivity contribution in [3.05, 3.63) is 63.2 Å². The molecule has 0 saturated carbocycles. The van der Waals surface area contributed by atoms with Gasteiger partial charge in [0.05, 0.1) is 16.0 Å². The first-order valence-corrected chi connectivity index (χ1v) is 5.99. The smallest absolute Gasteiger partial charge is 0.271 e. The van der Waals surface area contributed by atoms with E-state index in [1.54, 1.807) is 0 Å². The SMILES string of the molecule is O=C(c1ccc(Cl)o1)c1c[nH]c2cc([N+](=O)[O-])ccc12. The maximum absolute atomic E-state index is 12.2. The van der Waals surface area contributed by atoms with E-state index in [4.69, 9.17) is 16.0 Å². The molecule has 0 aliphatic rings. The Kier molecular flexibility index (Phi) is 2.80. The normalized spacial score (nSPS) is 10.8. The first kappa shape index (κ1) is 12.4. The summed E-state index contributed by atoms with van der Waals surface area (Å²) in [4.78, 5) is 25.3. The van der Waals surface area contributed by atoms with Crippen molar-refractivity contribution in [1.29, 1.82) is 0 Å². The second-order valence-corrected chi connectivity index (χ2v) is 4.49. The molecule has 2 heterocycles. The highest BCUT2D eigenvalue weighted by Gasteiger charge is 2.18. The first-order valence-electron chi connectivity index (χ1n) is 5.62. The van der Waals surface area contributed by atoms with E-state index in [1.165, 1.54) is 36.5 Å². The Labute approximate surface area is 117 Å². The second kappa shape index (κ2) is 4.50. The molecule has 7 heteroatoms. The number of fused-ring (bicyclic) bond motifs is 1. The lowest BCUT2D eigenvalue weighted by atomic mass is 10.1. The van der Waals surface area contributed by atoms with Crippen molar-refractivity contribution in [2.45, 2.75) is 0 Å². The number of hydrogen-bond donors (Lipinski definition) is 1. The molecule has 0 bridgehead atoms. The number of H-pyrrole nitrogens is 1. The lowest BCUT2D eigenvalue weighted by molar-refractivity contribution is -0.384. The number of ketones is 1. The van der Waals surface area contributed by atoms with Crippen molar-refractivity contribution < 1.29 is 14.1 Å². The highest BCUT2D eigenvalue weighted by Crippen LogP contribution is 2.26. The standard InChI is InChI=1S/C13H7ClN2O4/c14-12-4-3-11(20-12)13(17)9-6-15-10-5-7(16(18)19)1-2-8(9)10/h1-6,15H. The van der Waals surface area contributed by atoms with Crippen LogP contribution in [0.25, 0.3) is 10.9 Å². The molecule has 0 saturated heterocycles. The molecule has 3 aromatic rings. The highest BCUT2D eigenvalue weighted by molar-refractivity contribution is 6.29. The lowest BCUT2D eigenvalue weighted by Gasteiger charge is -1.96. The van der Waals surface area contributed by atoms with Crippen molar-refractivity contribution in [3.63, 3.8) is 0 Å². The molecule has 1 N–H and O–H groups in total. The number of nitro benzene ring substituents is 1. The number of hydrogen-bond acceptors (Lipinski definition) is 4. The van der Waals surface area contributed by atoms with Gasteiger partial charge >= 0.3 is 0 Å². The molecule has 20 heavy (non-hydrogen) atoms. The second-order valence-electron chi connectivity index (χ2n) is 4.12. The van der Waals surface area contributed by atoms with Crippen LogP contribution in [0, 0.1) is 10.1 Å². The average molecular weight is 291 g/mol. The molecule has 0 amide bonds. The summed E-state index contributed by atoms with van der Waals surface area (Å²) in [6.07, 6.45) is 1.49. The van der Waals surface area contributed by atoms with Crippen molar-refractivity contribution in [1.82, 2.24) is 4.98 Å². The molecule has 2 aromatic heterocycles. The van der Waals surface area contributed by atoms with Gasteiger partial charge in [-0.05, 0) is 29.8 Å². The fourth-order valence-corrected chi connectivity index (χ4v) is 2.13. The van der Waals surface area contributed by atoms with E-state index in [0.29, 0.717) is 16.5 Å². The third-order valence-electron chi connectivity index (χ3n) is 2.92. The topological polar surface area (TPSA) is 89.1 Å². The van der Waals surface area contributed by atoms with Gasteiger partial charge in [-0.25, -0.2) is 0 Å². The van der Waals surface area contributed by atoms with Gasteiger partial charge in [-0.2, -0.15) is 0 Å². The number of nitrogens with one attached hydrogen (secondary N) is 1. The maximum atomic E-state index is 12.2. The Morgan fingerprint density at radius 3 is 2.75 bits per heavy atom. The lowest BCUT2D eigenvalue weighted by Crippen LogP contribution is -1.98. The van der Waals surface area contributed by atoms with Crippen LogP contribution in [0.2, 0.25) is 5.22 Å². The molecule has 0 unspecified atom stereocenters. The first-order chi connectivity index (χ1) is 9.56. The van der Waals surface area contributed by atoms with Crippen molar-refractivity contribution in [2.75, 3.05) is 0 Å². The number of benzene rings is 1. The van der Waals surface area contributed by atoms with Crippen molar-refractivity contribution >= 4 is 34.0 Å². The molecule has 100 valence electrons. The van der Waals surface area contributed by atoms with E-state index < -0.39 is 4.92 Å². The number of nitro groups is 1. The molecular formula is C13H7ClN2O4. The fourth-order valence-electron chi connectivity index (χ4n) is 1.98. The number of nitrogens with zero attached hydrogens (tertiary/aromatic N) is 1. The summed E-state index contributed by atoms with van der Waals surface area (Å²) in [6, 6.07) is 7.22. The summed E-state index contributed by atoms with van der Waals surface area (Å²) in [7, 11) is 0. The Morgan fingerprint density at radius 2 is 2.10 bits per heavy atom. The highest BCUT2D eigenvalue weighted by atomic mass is 35.5. The molecule has 1 aromatic carbocycles. The van der Waals surface area contributed by atoms with Gasteiger partial charge in [-0.1, -0.05) is 0 Å². The number of aromatic amines is 1. The zero-order valence-corrected chi connectivity index (χ0v) is 10.7. The van der Waals surface area contributed by atoms with Crippen molar-refractivity contribution in [2.24, 2.45) is 0 Å². The van der Waals surface area contributed by atoms with E-state index in [1.807, 2.05) is 0 Å². The zero-order valence-electron chi connectivity index (χ0n) is 9.92. The molecule has 0 aliphatic heterocycles. The Morgan fingerprint density at radius 1 is 1.30 bits per heavy atom. The molecule has 0 radical (unpaired) electrons. The summed E-state index contributed by atoms with van der Waals surface area (Å²) in [5.74, 6) is -0.216. The van der Waals surface area contributed by atoms with E-state index in [-0.39, 0.29) is 22.5 Å². The number of halogens is 1. The third kappa shape index (κ3) is 1.96. The minimum atomic E-state index is -0.492. The van der Waals surface area contributed by atoms with Crippen LogP contribution in [0.1, 0.15) is 16.1 Å². The van der Waals surface area contributed by atoms with Gasteiger partial charge in [0, 0.05) is 23.7 Å². The Bertz CT molecular complexity index is 834. The minimum absolute atomic E-state index is 0.0422. The minimum Gasteiger partial charge on any atom is -0.441 e. The monoisotopic (exact) mass is 290 g/mol. The van der Waals surface area contributed by atoms with Crippen LogP contribution in [-0.2, 0) is 0 Å². The van der Waals surface area contributed by atoms with E-state index in [2.05, 4.69) is 4.98 Å². The number of aromatic nitrogens is 1. The number of rotatable bonds is 3. The van der Waals surface area contributed by atoms with Crippen LogP contribution in [0.3, 0.4) is 0 Å². The van der Waals surface area contributed by atoms with Crippen molar-refractivity contribution in [3.8, 4) is 0 Å². The van der Waals surface area contributed by atoms with Gasteiger partial charge in [0.25, 0.3) is 5.69 Å². The quantitative estimate of drug-likeness (QED) is 0.454. The maximum Gasteiger partial charge on any atom is 0.271 e. The summed E-state index contributed by atoms with van der Waals surface area (Å²) in [5.41, 5.74) is 0.848. The summed E-state index contributed by atoms with van der Waals surface area (Å²) < 4.78 is 5.07. The number of non-ortho nitro benzene ring substituents is 1. The van der Waals surface area contributed by atoms with Gasteiger partial charge in [0.1, 0.15) is 0 Å². The molecule has 0 spiro atoms. The Balaban J connectivity index is 2.09.